The Morgan fingerprint density at radius 2 is 2.29 bits per heavy atom. The maximum absolute atomic E-state index is 10.8. The summed E-state index contributed by atoms with van der Waals surface area (Å²) in [5.74, 6) is -0.728. The van der Waals surface area contributed by atoms with Gasteiger partial charge in [0.15, 0.2) is 6.29 Å². The lowest BCUT2D eigenvalue weighted by atomic mass is 10.1. The highest BCUT2D eigenvalue weighted by atomic mass is 16.7. The Morgan fingerprint density at radius 3 is 2.79 bits per heavy atom. The van der Waals surface area contributed by atoms with Crippen molar-refractivity contribution in [3.8, 4) is 0 Å². The molecule has 2 fully saturated rings. The molecule has 1 saturated heterocycles. The number of ether oxygens (including phenoxy) is 2. The number of aliphatic carboxylic acids is 1. The quantitative estimate of drug-likeness (QED) is 0.745. The van der Waals surface area contributed by atoms with Gasteiger partial charge in [-0.15, -0.1) is 0 Å². The van der Waals surface area contributed by atoms with Gasteiger partial charge in [0, 0.05) is 6.61 Å². The molecule has 1 unspecified atom stereocenters. The summed E-state index contributed by atoms with van der Waals surface area (Å²) in [6.07, 6.45) is 4.43. The van der Waals surface area contributed by atoms with Crippen molar-refractivity contribution in [1.29, 1.82) is 0 Å². The highest BCUT2D eigenvalue weighted by Crippen LogP contribution is 2.46. The van der Waals surface area contributed by atoms with Crippen LogP contribution in [0.1, 0.15) is 32.1 Å². The van der Waals surface area contributed by atoms with Crippen LogP contribution in [0.15, 0.2) is 0 Å². The summed E-state index contributed by atoms with van der Waals surface area (Å²) in [6.45, 7) is 1.05. The Balaban J connectivity index is 1.73. The molecule has 0 amide bonds. The summed E-state index contributed by atoms with van der Waals surface area (Å²) >= 11 is 0. The van der Waals surface area contributed by atoms with Crippen LogP contribution in [-0.4, -0.2) is 30.6 Å². The second-order valence-electron chi connectivity index (χ2n) is 4.19. The molecule has 0 aromatic carbocycles. The fourth-order valence-corrected chi connectivity index (χ4v) is 1.67. The molecule has 2 rings (SSSR count). The Labute approximate surface area is 83.2 Å². The van der Waals surface area contributed by atoms with Crippen molar-refractivity contribution in [3.63, 3.8) is 0 Å². The average molecular weight is 200 g/mol. The molecule has 1 N–H and O–H groups in total. The Hall–Kier alpha value is -0.610. The first-order valence-electron chi connectivity index (χ1n) is 5.20. The van der Waals surface area contributed by atoms with Crippen LogP contribution in [0.4, 0.5) is 0 Å². The molecule has 14 heavy (non-hydrogen) atoms. The Kier molecular flexibility index (Phi) is 2.74. The summed E-state index contributed by atoms with van der Waals surface area (Å²) in [5.41, 5.74) is -0.583. The minimum absolute atomic E-state index is 0.166. The van der Waals surface area contributed by atoms with Crippen LogP contribution in [-0.2, 0) is 14.3 Å². The summed E-state index contributed by atoms with van der Waals surface area (Å²) in [6, 6.07) is 0. The highest BCUT2D eigenvalue weighted by molar-refractivity contribution is 5.77. The van der Waals surface area contributed by atoms with E-state index in [-0.39, 0.29) is 6.29 Å². The molecule has 0 spiro atoms. The molecule has 1 saturated carbocycles. The van der Waals surface area contributed by atoms with Gasteiger partial charge in [-0.3, -0.25) is 4.79 Å². The normalized spacial score (nSPS) is 29.9. The van der Waals surface area contributed by atoms with E-state index in [1.807, 2.05) is 0 Å². The largest absolute Gasteiger partial charge is 0.481 e. The molecule has 0 aromatic rings. The van der Waals surface area contributed by atoms with Gasteiger partial charge in [0.1, 0.15) is 0 Å². The third kappa shape index (κ3) is 2.07. The first-order valence-corrected chi connectivity index (χ1v) is 5.20. The van der Waals surface area contributed by atoms with E-state index in [0.717, 1.165) is 38.7 Å². The maximum Gasteiger partial charge on any atom is 0.311 e. The summed E-state index contributed by atoms with van der Waals surface area (Å²) in [5, 5.41) is 8.91. The van der Waals surface area contributed by atoms with Crippen molar-refractivity contribution in [2.24, 2.45) is 5.41 Å². The van der Waals surface area contributed by atoms with E-state index in [0.29, 0.717) is 6.61 Å². The zero-order valence-corrected chi connectivity index (χ0v) is 8.20. The molecular weight excluding hydrogens is 184 g/mol. The van der Waals surface area contributed by atoms with Crippen LogP contribution < -0.4 is 0 Å². The molecule has 0 radical (unpaired) electrons. The molecule has 1 atom stereocenters. The van der Waals surface area contributed by atoms with Gasteiger partial charge >= 0.3 is 5.97 Å². The lowest BCUT2D eigenvalue weighted by molar-refractivity contribution is -0.178. The fourth-order valence-electron chi connectivity index (χ4n) is 1.67. The predicted octanol–water partition coefficient (Wildman–Crippen LogP) is 1.39. The van der Waals surface area contributed by atoms with E-state index in [1.165, 1.54) is 0 Å². The topological polar surface area (TPSA) is 55.8 Å². The molecule has 2 aliphatic rings. The van der Waals surface area contributed by atoms with Gasteiger partial charge in [0.25, 0.3) is 0 Å². The zero-order valence-electron chi connectivity index (χ0n) is 8.20. The third-order valence-electron chi connectivity index (χ3n) is 2.99. The molecule has 0 bridgehead atoms. The van der Waals surface area contributed by atoms with Crippen molar-refractivity contribution in [2.45, 2.75) is 38.4 Å². The number of hydrogen-bond acceptors (Lipinski definition) is 3. The van der Waals surface area contributed by atoms with E-state index in [9.17, 15) is 4.79 Å². The molecule has 0 aromatic heterocycles. The van der Waals surface area contributed by atoms with Crippen molar-refractivity contribution < 1.29 is 19.4 Å². The van der Waals surface area contributed by atoms with Crippen molar-refractivity contribution >= 4 is 5.97 Å². The molecule has 1 aliphatic heterocycles. The maximum atomic E-state index is 10.8. The molecule has 4 heteroatoms. The molecule has 80 valence electrons. The number of carboxylic acids is 1. The van der Waals surface area contributed by atoms with E-state index in [2.05, 4.69) is 0 Å². The van der Waals surface area contributed by atoms with Gasteiger partial charge in [-0.2, -0.15) is 0 Å². The minimum Gasteiger partial charge on any atom is -0.481 e. The van der Waals surface area contributed by atoms with Crippen LogP contribution in [0, 0.1) is 5.41 Å². The molecular formula is C10H16O4. The van der Waals surface area contributed by atoms with E-state index < -0.39 is 11.4 Å². The standard InChI is InChI=1S/C10H16O4/c11-9(12)10(4-5-10)7-14-8-3-1-2-6-13-8/h8H,1-7H2,(H,11,12). The Morgan fingerprint density at radius 1 is 1.50 bits per heavy atom. The van der Waals surface area contributed by atoms with Gasteiger partial charge < -0.3 is 14.6 Å². The Bertz CT molecular complexity index is 216. The molecule has 1 aliphatic carbocycles. The van der Waals surface area contributed by atoms with Gasteiger partial charge in [0.2, 0.25) is 0 Å². The van der Waals surface area contributed by atoms with Crippen LogP contribution >= 0.6 is 0 Å². The number of rotatable bonds is 4. The van der Waals surface area contributed by atoms with Gasteiger partial charge in [0.05, 0.1) is 12.0 Å². The van der Waals surface area contributed by atoms with Crippen molar-refractivity contribution in [3.05, 3.63) is 0 Å². The summed E-state index contributed by atoms with van der Waals surface area (Å²) < 4.78 is 10.8. The van der Waals surface area contributed by atoms with Crippen LogP contribution in [0.5, 0.6) is 0 Å². The molecule has 1 heterocycles. The molecule has 4 nitrogen and oxygen atoms in total. The van der Waals surface area contributed by atoms with E-state index in [4.69, 9.17) is 14.6 Å². The predicted molar refractivity (Wildman–Crippen MR) is 48.8 cm³/mol. The van der Waals surface area contributed by atoms with Crippen LogP contribution in [0.2, 0.25) is 0 Å². The highest BCUT2D eigenvalue weighted by Gasteiger charge is 2.51. The average Bonchev–Trinajstić information content (AvgIpc) is 2.97. The van der Waals surface area contributed by atoms with E-state index in [1.54, 1.807) is 0 Å². The number of carboxylic acid groups (broad SMARTS) is 1. The van der Waals surface area contributed by atoms with Gasteiger partial charge in [-0.25, -0.2) is 0 Å². The second kappa shape index (κ2) is 3.87. The van der Waals surface area contributed by atoms with Gasteiger partial charge in [-0.1, -0.05) is 0 Å². The minimum atomic E-state index is -0.728. The summed E-state index contributed by atoms with van der Waals surface area (Å²) in [4.78, 5) is 10.8. The third-order valence-corrected chi connectivity index (χ3v) is 2.99. The number of carbonyl (C=O) groups is 1. The summed E-state index contributed by atoms with van der Waals surface area (Å²) in [7, 11) is 0. The lowest BCUT2D eigenvalue weighted by Crippen LogP contribution is -2.28. The first-order chi connectivity index (χ1) is 6.73. The first kappa shape index (κ1) is 9.93. The smallest absolute Gasteiger partial charge is 0.311 e. The zero-order chi connectivity index (χ0) is 10.0. The number of hydrogen-bond donors (Lipinski definition) is 1. The second-order valence-corrected chi connectivity index (χ2v) is 4.19. The van der Waals surface area contributed by atoms with Crippen LogP contribution in [0.25, 0.3) is 0 Å². The lowest BCUT2D eigenvalue weighted by Gasteiger charge is -2.24. The van der Waals surface area contributed by atoms with Crippen molar-refractivity contribution in [1.82, 2.24) is 0 Å². The van der Waals surface area contributed by atoms with Gasteiger partial charge in [-0.05, 0) is 32.1 Å². The van der Waals surface area contributed by atoms with Crippen LogP contribution in [0.3, 0.4) is 0 Å². The monoisotopic (exact) mass is 200 g/mol. The van der Waals surface area contributed by atoms with Crippen molar-refractivity contribution in [2.75, 3.05) is 13.2 Å². The fraction of sp³-hybridized carbons (Fsp3) is 0.900. The van der Waals surface area contributed by atoms with E-state index >= 15 is 0 Å². The SMILES string of the molecule is O=C(O)C1(COC2CCCCO2)CC1.